The van der Waals surface area contributed by atoms with Crippen molar-refractivity contribution in [3.8, 4) is 0 Å². The van der Waals surface area contributed by atoms with E-state index in [1.165, 1.54) is 13.8 Å². The highest BCUT2D eigenvalue weighted by molar-refractivity contribution is 5.77. The Morgan fingerprint density at radius 1 is 1.25 bits per heavy atom. The van der Waals surface area contributed by atoms with Crippen LogP contribution in [0.25, 0.3) is 0 Å². The van der Waals surface area contributed by atoms with Crippen molar-refractivity contribution < 1.29 is 38.1 Å². The Morgan fingerprint density at radius 2 is 1.96 bits per heavy atom. The van der Waals surface area contributed by atoms with Gasteiger partial charge in [0.15, 0.2) is 12.4 Å². The number of cyclic esters (lactones) is 1. The second-order valence-corrected chi connectivity index (χ2v) is 6.42. The molecule has 2 aliphatic rings. The van der Waals surface area contributed by atoms with Gasteiger partial charge in [0.05, 0.1) is 6.61 Å². The van der Waals surface area contributed by atoms with Crippen LogP contribution in [0.15, 0.2) is 12.2 Å². The smallest absolute Gasteiger partial charge is 0.336 e. The average Bonchev–Trinajstić information content (AvgIpc) is 2.73. The Hall–Kier alpha value is -1.93. The molecule has 2 rings (SSSR count). The van der Waals surface area contributed by atoms with E-state index in [1.54, 1.807) is 12.2 Å². The van der Waals surface area contributed by atoms with Crippen LogP contribution in [0.5, 0.6) is 0 Å². The van der Waals surface area contributed by atoms with Gasteiger partial charge in [-0.2, -0.15) is 0 Å². The second kappa shape index (κ2) is 7.31. The Balaban J connectivity index is 2.05. The minimum Gasteiger partial charge on any atom is -0.463 e. The molecule has 8 nitrogen and oxygen atoms in total. The summed E-state index contributed by atoms with van der Waals surface area (Å²) < 4.78 is 26.5. The fraction of sp³-hybridized carbons (Fsp3) is 0.688. The van der Waals surface area contributed by atoms with E-state index >= 15 is 0 Å². The van der Waals surface area contributed by atoms with Crippen LogP contribution >= 0.6 is 0 Å². The lowest BCUT2D eigenvalue weighted by atomic mass is 9.90. The molecule has 24 heavy (non-hydrogen) atoms. The molecule has 0 aromatic rings. The first-order valence-corrected chi connectivity index (χ1v) is 7.65. The third kappa shape index (κ3) is 4.55. The van der Waals surface area contributed by atoms with E-state index in [9.17, 15) is 14.4 Å². The van der Waals surface area contributed by atoms with Crippen molar-refractivity contribution in [2.75, 3.05) is 13.2 Å². The number of hydrogen-bond donors (Lipinski definition) is 0. The molecule has 1 fully saturated rings. The summed E-state index contributed by atoms with van der Waals surface area (Å²) in [6.45, 7) is 6.41. The van der Waals surface area contributed by atoms with Crippen molar-refractivity contribution in [2.24, 2.45) is 5.41 Å². The van der Waals surface area contributed by atoms with Gasteiger partial charge >= 0.3 is 17.9 Å². The normalized spacial score (nSPS) is 31.4. The van der Waals surface area contributed by atoms with E-state index in [0.717, 1.165) is 0 Å². The molecule has 0 aromatic carbocycles. The molecule has 0 radical (unpaired) electrons. The van der Waals surface area contributed by atoms with Crippen LogP contribution in [0.2, 0.25) is 0 Å². The molecular formula is C16H22O8. The van der Waals surface area contributed by atoms with Crippen molar-refractivity contribution in [3.63, 3.8) is 0 Å². The van der Waals surface area contributed by atoms with E-state index in [-0.39, 0.29) is 13.2 Å². The number of ether oxygens (including phenoxy) is 5. The lowest BCUT2D eigenvalue weighted by Gasteiger charge is -2.33. The molecule has 0 aliphatic carbocycles. The summed E-state index contributed by atoms with van der Waals surface area (Å²) >= 11 is 0. The zero-order valence-electron chi connectivity index (χ0n) is 14.1. The summed E-state index contributed by atoms with van der Waals surface area (Å²) in [5.74, 6) is -1.41. The first-order chi connectivity index (χ1) is 11.2. The molecule has 1 saturated heterocycles. The van der Waals surface area contributed by atoms with Crippen molar-refractivity contribution in [1.82, 2.24) is 0 Å². The molecule has 0 spiro atoms. The molecular weight excluding hydrogens is 320 g/mol. The highest BCUT2D eigenvalue weighted by atomic mass is 16.7. The molecule has 0 aromatic heterocycles. The summed E-state index contributed by atoms with van der Waals surface area (Å²) in [7, 11) is 0. The van der Waals surface area contributed by atoms with Crippen molar-refractivity contribution in [3.05, 3.63) is 12.2 Å². The van der Waals surface area contributed by atoms with Gasteiger partial charge in [0, 0.05) is 19.3 Å². The predicted molar refractivity (Wildman–Crippen MR) is 79.6 cm³/mol. The van der Waals surface area contributed by atoms with E-state index in [0.29, 0.717) is 0 Å². The Kier molecular flexibility index (Phi) is 5.61. The fourth-order valence-corrected chi connectivity index (χ4v) is 2.44. The van der Waals surface area contributed by atoms with Crippen molar-refractivity contribution >= 4 is 17.9 Å². The zero-order chi connectivity index (χ0) is 17.9. The largest absolute Gasteiger partial charge is 0.463 e. The van der Waals surface area contributed by atoms with Gasteiger partial charge in [-0.15, -0.1) is 0 Å². The standard InChI is InChI=1S/C16H22O8/c1-9(17)20-7-12-11(22-10(2)18)5-6-13(23-12)24-14-15(19)21-8-16(14,3)4/h5-6,11-14H,7-8H2,1-4H3/t11-,12+,13+,14-/m0/s1. The van der Waals surface area contributed by atoms with Crippen LogP contribution < -0.4 is 0 Å². The first kappa shape index (κ1) is 18.4. The molecule has 2 heterocycles. The van der Waals surface area contributed by atoms with Gasteiger partial charge in [-0.3, -0.25) is 9.59 Å². The molecule has 0 N–H and O–H groups in total. The topological polar surface area (TPSA) is 97.4 Å². The zero-order valence-corrected chi connectivity index (χ0v) is 14.1. The minimum atomic E-state index is -0.840. The maximum atomic E-state index is 11.8. The third-order valence-corrected chi connectivity index (χ3v) is 3.67. The molecule has 8 heteroatoms. The third-order valence-electron chi connectivity index (χ3n) is 3.67. The average molecular weight is 342 g/mol. The monoisotopic (exact) mass is 342 g/mol. The second-order valence-electron chi connectivity index (χ2n) is 6.42. The van der Waals surface area contributed by atoms with Gasteiger partial charge in [-0.25, -0.2) is 4.79 Å². The molecule has 0 bridgehead atoms. The van der Waals surface area contributed by atoms with Crippen LogP contribution in [0.4, 0.5) is 0 Å². The maximum absolute atomic E-state index is 11.8. The van der Waals surface area contributed by atoms with Crippen molar-refractivity contribution in [2.45, 2.75) is 52.3 Å². The molecule has 0 amide bonds. The summed E-state index contributed by atoms with van der Waals surface area (Å²) in [6.07, 6.45) is 0.106. The fourth-order valence-electron chi connectivity index (χ4n) is 2.44. The van der Waals surface area contributed by atoms with Gasteiger partial charge in [-0.1, -0.05) is 13.8 Å². The van der Waals surface area contributed by atoms with Crippen LogP contribution in [0.1, 0.15) is 27.7 Å². The summed E-state index contributed by atoms with van der Waals surface area (Å²) in [5, 5.41) is 0. The van der Waals surface area contributed by atoms with Crippen LogP contribution in [-0.4, -0.2) is 55.7 Å². The minimum absolute atomic E-state index is 0.101. The quantitative estimate of drug-likeness (QED) is 0.410. The van der Waals surface area contributed by atoms with E-state index in [4.69, 9.17) is 23.7 Å². The summed E-state index contributed by atoms with van der Waals surface area (Å²) in [5.41, 5.74) is -0.480. The van der Waals surface area contributed by atoms with Gasteiger partial charge < -0.3 is 23.7 Å². The molecule has 4 atom stereocenters. The van der Waals surface area contributed by atoms with Crippen molar-refractivity contribution in [1.29, 1.82) is 0 Å². The summed E-state index contributed by atoms with van der Waals surface area (Å²) in [6, 6.07) is 0. The first-order valence-electron chi connectivity index (χ1n) is 7.65. The predicted octanol–water partition coefficient (Wildman–Crippen LogP) is 0.730. The lowest BCUT2D eigenvalue weighted by molar-refractivity contribution is -0.217. The van der Waals surface area contributed by atoms with E-state index in [2.05, 4.69) is 0 Å². The Morgan fingerprint density at radius 3 is 2.50 bits per heavy atom. The maximum Gasteiger partial charge on any atom is 0.336 e. The van der Waals surface area contributed by atoms with E-state index in [1.807, 2.05) is 13.8 Å². The highest BCUT2D eigenvalue weighted by Gasteiger charge is 2.46. The lowest BCUT2D eigenvalue weighted by Crippen LogP contribution is -2.45. The number of hydrogen-bond acceptors (Lipinski definition) is 8. The van der Waals surface area contributed by atoms with Crippen LogP contribution in [-0.2, 0) is 38.1 Å². The molecule has 134 valence electrons. The Bertz CT molecular complexity index is 538. The van der Waals surface area contributed by atoms with Crippen LogP contribution in [0, 0.1) is 5.41 Å². The highest BCUT2D eigenvalue weighted by Crippen LogP contribution is 2.33. The van der Waals surface area contributed by atoms with E-state index < -0.39 is 47.9 Å². The summed E-state index contributed by atoms with van der Waals surface area (Å²) in [4.78, 5) is 34.0. The Labute approximate surface area is 140 Å². The number of carbonyl (C=O) groups excluding carboxylic acids is 3. The van der Waals surface area contributed by atoms with Gasteiger partial charge in [0.1, 0.15) is 18.8 Å². The van der Waals surface area contributed by atoms with Crippen LogP contribution in [0.3, 0.4) is 0 Å². The molecule has 0 unspecified atom stereocenters. The molecule has 0 saturated carbocycles. The number of esters is 3. The number of carbonyl (C=O) groups is 3. The molecule has 2 aliphatic heterocycles. The van der Waals surface area contributed by atoms with Gasteiger partial charge in [0.25, 0.3) is 0 Å². The van der Waals surface area contributed by atoms with Gasteiger partial charge in [-0.05, 0) is 12.2 Å². The van der Waals surface area contributed by atoms with Gasteiger partial charge in [0.2, 0.25) is 0 Å². The number of rotatable bonds is 5. The SMILES string of the molecule is CC(=O)OC[C@H]1O[C@H](O[C@H]2C(=O)OCC2(C)C)C=C[C@@H]1OC(C)=O.